The molecule has 0 aromatic carbocycles. The first-order chi connectivity index (χ1) is 8.17. The van der Waals surface area contributed by atoms with Crippen molar-refractivity contribution < 1.29 is 4.79 Å². The van der Waals surface area contributed by atoms with Crippen molar-refractivity contribution in [1.29, 1.82) is 0 Å². The molecule has 0 aliphatic rings. The second kappa shape index (κ2) is 7.88. The average molecular weight is 318 g/mol. The molecule has 0 spiro atoms. The first-order valence-corrected chi connectivity index (χ1v) is 7.85. The van der Waals surface area contributed by atoms with Crippen LogP contribution in [0.2, 0.25) is 0 Å². The number of thiophene rings is 1. The Morgan fingerprint density at radius 2 is 2.29 bits per heavy atom. The van der Waals surface area contributed by atoms with Gasteiger partial charge < -0.3 is 5.32 Å². The van der Waals surface area contributed by atoms with E-state index in [0.29, 0.717) is 6.54 Å². The molecule has 1 rings (SSSR count). The number of hydrogen-bond acceptors (Lipinski definition) is 2. The summed E-state index contributed by atoms with van der Waals surface area (Å²) in [5.74, 6) is 0.379. The van der Waals surface area contributed by atoms with E-state index in [1.165, 1.54) is 4.88 Å². The van der Waals surface area contributed by atoms with Crippen LogP contribution in [0, 0.1) is 5.92 Å². The SMILES string of the molecule is CCCCC(CC)C(=O)NCc1cc(Br)cs1. The number of hydrogen-bond donors (Lipinski definition) is 1. The molecule has 0 radical (unpaired) electrons. The molecule has 17 heavy (non-hydrogen) atoms. The van der Waals surface area contributed by atoms with E-state index in [1.807, 2.05) is 5.38 Å². The molecular formula is C13H20BrNOS. The van der Waals surface area contributed by atoms with Crippen LogP contribution in [0.4, 0.5) is 0 Å². The minimum atomic E-state index is 0.179. The van der Waals surface area contributed by atoms with Crippen molar-refractivity contribution in [1.82, 2.24) is 5.32 Å². The van der Waals surface area contributed by atoms with Crippen molar-refractivity contribution in [3.05, 3.63) is 20.8 Å². The van der Waals surface area contributed by atoms with Crippen molar-refractivity contribution in [3.63, 3.8) is 0 Å². The van der Waals surface area contributed by atoms with Gasteiger partial charge in [0.1, 0.15) is 0 Å². The third kappa shape index (κ3) is 5.21. The van der Waals surface area contributed by atoms with Crippen LogP contribution in [0.15, 0.2) is 15.9 Å². The molecule has 1 atom stereocenters. The highest BCUT2D eigenvalue weighted by molar-refractivity contribution is 9.10. The maximum absolute atomic E-state index is 11.9. The average Bonchev–Trinajstić information content (AvgIpc) is 2.73. The highest BCUT2D eigenvalue weighted by atomic mass is 79.9. The lowest BCUT2D eigenvalue weighted by Crippen LogP contribution is -2.29. The number of unbranched alkanes of at least 4 members (excludes halogenated alkanes) is 1. The summed E-state index contributed by atoms with van der Waals surface area (Å²) in [7, 11) is 0. The van der Waals surface area contributed by atoms with Gasteiger partial charge >= 0.3 is 0 Å². The van der Waals surface area contributed by atoms with Crippen LogP contribution in [-0.4, -0.2) is 5.91 Å². The van der Waals surface area contributed by atoms with E-state index in [-0.39, 0.29) is 11.8 Å². The predicted molar refractivity (Wildman–Crippen MR) is 77.2 cm³/mol. The quantitative estimate of drug-likeness (QED) is 0.796. The maximum Gasteiger partial charge on any atom is 0.223 e. The van der Waals surface area contributed by atoms with Crippen LogP contribution in [0.1, 0.15) is 44.4 Å². The van der Waals surface area contributed by atoms with E-state index < -0.39 is 0 Å². The van der Waals surface area contributed by atoms with Gasteiger partial charge in [-0.2, -0.15) is 0 Å². The number of carbonyl (C=O) groups excluding carboxylic acids is 1. The fourth-order valence-electron chi connectivity index (χ4n) is 1.74. The summed E-state index contributed by atoms with van der Waals surface area (Å²) >= 11 is 5.08. The minimum absolute atomic E-state index is 0.179. The van der Waals surface area contributed by atoms with E-state index >= 15 is 0 Å². The Labute approximate surface area is 116 Å². The fourth-order valence-corrected chi connectivity index (χ4v) is 3.13. The van der Waals surface area contributed by atoms with Gasteiger partial charge in [0.05, 0.1) is 6.54 Å². The van der Waals surface area contributed by atoms with Crippen LogP contribution in [0.25, 0.3) is 0 Å². The Morgan fingerprint density at radius 1 is 1.53 bits per heavy atom. The smallest absolute Gasteiger partial charge is 0.223 e. The fraction of sp³-hybridized carbons (Fsp3) is 0.615. The van der Waals surface area contributed by atoms with Gasteiger partial charge in [-0.1, -0.05) is 26.7 Å². The van der Waals surface area contributed by atoms with Gasteiger partial charge in [-0.15, -0.1) is 11.3 Å². The monoisotopic (exact) mass is 317 g/mol. The molecule has 0 bridgehead atoms. The van der Waals surface area contributed by atoms with Gasteiger partial charge in [-0.05, 0) is 34.8 Å². The standard InChI is InChI=1S/C13H20BrNOS/c1-3-5-6-10(4-2)13(16)15-8-12-7-11(14)9-17-12/h7,9-10H,3-6,8H2,1-2H3,(H,15,16). The van der Waals surface area contributed by atoms with Crippen molar-refractivity contribution in [2.45, 2.75) is 46.1 Å². The molecule has 2 nitrogen and oxygen atoms in total. The molecule has 1 N–H and O–H groups in total. The van der Waals surface area contributed by atoms with E-state index in [9.17, 15) is 4.79 Å². The molecule has 4 heteroatoms. The van der Waals surface area contributed by atoms with Crippen molar-refractivity contribution in [3.8, 4) is 0 Å². The number of carbonyl (C=O) groups is 1. The number of amides is 1. The van der Waals surface area contributed by atoms with Crippen LogP contribution in [0.5, 0.6) is 0 Å². The predicted octanol–water partition coefficient (Wildman–Crippen LogP) is 4.34. The second-order valence-electron chi connectivity index (χ2n) is 4.20. The van der Waals surface area contributed by atoms with E-state index in [2.05, 4.69) is 41.2 Å². The summed E-state index contributed by atoms with van der Waals surface area (Å²) in [6.45, 7) is 4.90. The van der Waals surface area contributed by atoms with Crippen molar-refractivity contribution >= 4 is 33.2 Å². The Balaban J connectivity index is 2.36. The largest absolute Gasteiger partial charge is 0.351 e. The van der Waals surface area contributed by atoms with Gasteiger partial charge in [0.25, 0.3) is 0 Å². The van der Waals surface area contributed by atoms with Gasteiger partial charge in [0.15, 0.2) is 0 Å². The van der Waals surface area contributed by atoms with Gasteiger partial charge in [-0.3, -0.25) is 4.79 Å². The second-order valence-corrected chi connectivity index (χ2v) is 6.11. The molecule has 96 valence electrons. The molecule has 0 saturated heterocycles. The third-order valence-corrected chi connectivity index (χ3v) is 4.53. The summed E-state index contributed by atoms with van der Waals surface area (Å²) in [4.78, 5) is 13.1. The molecule has 0 aliphatic heterocycles. The number of rotatable bonds is 7. The first-order valence-electron chi connectivity index (χ1n) is 6.18. The van der Waals surface area contributed by atoms with Crippen LogP contribution in [0.3, 0.4) is 0 Å². The molecule has 1 heterocycles. The van der Waals surface area contributed by atoms with Crippen LogP contribution in [-0.2, 0) is 11.3 Å². The normalized spacial score (nSPS) is 12.4. The molecule has 1 aromatic heterocycles. The lowest BCUT2D eigenvalue weighted by atomic mass is 9.98. The minimum Gasteiger partial charge on any atom is -0.351 e. The van der Waals surface area contributed by atoms with Gasteiger partial charge in [0.2, 0.25) is 5.91 Å². The lowest BCUT2D eigenvalue weighted by molar-refractivity contribution is -0.125. The molecule has 1 unspecified atom stereocenters. The van der Waals surface area contributed by atoms with E-state index in [0.717, 1.165) is 30.2 Å². The molecule has 1 amide bonds. The summed E-state index contributed by atoms with van der Waals surface area (Å²) in [5, 5.41) is 5.06. The molecular weight excluding hydrogens is 298 g/mol. The highest BCUT2D eigenvalue weighted by Gasteiger charge is 2.15. The van der Waals surface area contributed by atoms with Crippen molar-refractivity contribution in [2.75, 3.05) is 0 Å². The van der Waals surface area contributed by atoms with Crippen molar-refractivity contribution in [2.24, 2.45) is 5.92 Å². The number of halogens is 1. The Bertz CT molecular complexity index is 351. The summed E-state index contributed by atoms with van der Waals surface area (Å²) in [6, 6.07) is 2.05. The highest BCUT2D eigenvalue weighted by Crippen LogP contribution is 2.20. The Kier molecular flexibility index (Phi) is 6.82. The maximum atomic E-state index is 11.9. The Hall–Kier alpha value is -0.350. The first kappa shape index (κ1) is 14.7. The lowest BCUT2D eigenvalue weighted by Gasteiger charge is -2.13. The zero-order chi connectivity index (χ0) is 12.7. The van der Waals surface area contributed by atoms with E-state index in [4.69, 9.17) is 0 Å². The molecule has 1 aromatic rings. The summed E-state index contributed by atoms with van der Waals surface area (Å²) < 4.78 is 1.09. The van der Waals surface area contributed by atoms with Crippen LogP contribution < -0.4 is 5.32 Å². The number of nitrogens with one attached hydrogen (secondary N) is 1. The summed E-state index contributed by atoms with van der Waals surface area (Å²) in [6.07, 6.45) is 4.23. The van der Waals surface area contributed by atoms with E-state index in [1.54, 1.807) is 11.3 Å². The van der Waals surface area contributed by atoms with Gasteiger partial charge in [-0.25, -0.2) is 0 Å². The summed E-state index contributed by atoms with van der Waals surface area (Å²) in [5.41, 5.74) is 0. The van der Waals surface area contributed by atoms with Gasteiger partial charge in [0, 0.05) is 20.6 Å². The third-order valence-electron chi connectivity index (χ3n) is 2.83. The molecule has 0 saturated carbocycles. The zero-order valence-corrected chi connectivity index (χ0v) is 12.9. The topological polar surface area (TPSA) is 29.1 Å². The Morgan fingerprint density at radius 3 is 2.82 bits per heavy atom. The molecule has 0 aliphatic carbocycles. The zero-order valence-electron chi connectivity index (χ0n) is 10.5. The molecule has 0 fully saturated rings. The van der Waals surface area contributed by atoms with Crippen LogP contribution >= 0.6 is 27.3 Å².